The van der Waals surface area contributed by atoms with Crippen molar-refractivity contribution in [1.29, 1.82) is 0 Å². The summed E-state index contributed by atoms with van der Waals surface area (Å²) in [6, 6.07) is 11.4. The van der Waals surface area contributed by atoms with Crippen molar-refractivity contribution in [2.24, 2.45) is 0 Å². The molecule has 1 aromatic carbocycles. The maximum atomic E-state index is 5.46. The predicted octanol–water partition coefficient (Wildman–Crippen LogP) is 4.74. The number of thioether (sulfide) groups is 1. The van der Waals surface area contributed by atoms with Crippen LogP contribution in [0.4, 0.5) is 0 Å². The van der Waals surface area contributed by atoms with Gasteiger partial charge in [0.2, 0.25) is 0 Å². The normalized spacial score (nSPS) is 21.8. The molecule has 1 aliphatic carbocycles. The Morgan fingerprint density at radius 3 is 2.90 bits per heavy atom. The van der Waals surface area contributed by atoms with E-state index in [1.54, 1.807) is 6.26 Å². The van der Waals surface area contributed by atoms with Gasteiger partial charge in [-0.05, 0) is 49.9 Å². The minimum absolute atomic E-state index is 0.424. The lowest BCUT2D eigenvalue weighted by Gasteiger charge is -2.27. The Morgan fingerprint density at radius 2 is 2.14 bits per heavy atom. The van der Waals surface area contributed by atoms with Gasteiger partial charge < -0.3 is 9.73 Å². The molecule has 1 aliphatic rings. The summed E-state index contributed by atoms with van der Waals surface area (Å²) in [5.41, 5.74) is 2.99. The molecule has 0 spiro atoms. The molecule has 0 saturated heterocycles. The van der Waals surface area contributed by atoms with Gasteiger partial charge in [-0.15, -0.1) is 11.8 Å². The summed E-state index contributed by atoms with van der Waals surface area (Å²) in [6.45, 7) is 5.24. The first kappa shape index (κ1) is 14.7. The van der Waals surface area contributed by atoms with E-state index in [1.165, 1.54) is 35.3 Å². The van der Waals surface area contributed by atoms with Gasteiger partial charge in [-0.25, -0.2) is 0 Å². The van der Waals surface area contributed by atoms with Gasteiger partial charge in [-0.2, -0.15) is 0 Å². The third-order valence-electron chi connectivity index (χ3n) is 4.21. The van der Waals surface area contributed by atoms with Crippen molar-refractivity contribution in [2.45, 2.75) is 49.3 Å². The van der Waals surface area contributed by atoms with E-state index in [2.05, 4.69) is 49.5 Å². The number of benzene rings is 1. The average Bonchev–Trinajstić information content (AvgIpc) is 2.81. The lowest BCUT2D eigenvalue weighted by molar-refractivity contribution is 0.513. The first-order valence-electron chi connectivity index (χ1n) is 7.81. The van der Waals surface area contributed by atoms with E-state index >= 15 is 0 Å². The largest absolute Gasteiger partial charge is 0.468 e. The Hall–Kier alpha value is -1.19. The zero-order valence-electron chi connectivity index (χ0n) is 12.8. The zero-order chi connectivity index (χ0) is 14.7. The molecule has 1 N–H and O–H groups in total. The van der Waals surface area contributed by atoms with Gasteiger partial charge in [0, 0.05) is 16.2 Å². The molecule has 112 valence electrons. The lowest BCUT2D eigenvalue weighted by atomic mass is 9.99. The van der Waals surface area contributed by atoms with Gasteiger partial charge in [0.05, 0.1) is 6.26 Å². The third kappa shape index (κ3) is 3.19. The predicted molar refractivity (Wildman–Crippen MR) is 88.9 cm³/mol. The summed E-state index contributed by atoms with van der Waals surface area (Å²) in [7, 11) is 0. The minimum atomic E-state index is 0.424. The lowest BCUT2D eigenvalue weighted by Crippen LogP contribution is -2.29. The highest BCUT2D eigenvalue weighted by atomic mass is 32.2. The quantitative estimate of drug-likeness (QED) is 0.826. The first-order chi connectivity index (χ1) is 10.3. The van der Waals surface area contributed by atoms with Crippen LogP contribution in [0.25, 0.3) is 0 Å². The highest BCUT2D eigenvalue weighted by molar-refractivity contribution is 8.00. The molecule has 3 rings (SSSR count). The number of aryl methyl sites for hydroxylation is 2. The van der Waals surface area contributed by atoms with Crippen LogP contribution in [0.1, 0.15) is 42.7 Å². The summed E-state index contributed by atoms with van der Waals surface area (Å²) in [6.07, 6.45) is 5.49. The second kappa shape index (κ2) is 6.71. The van der Waals surface area contributed by atoms with Crippen molar-refractivity contribution in [3.63, 3.8) is 0 Å². The summed E-state index contributed by atoms with van der Waals surface area (Å²) in [4.78, 5) is 1.28. The van der Waals surface area contributed by atoms with Crippen LogP contribution < -0.4 is 5.32 Å². The van der Waals surface area contributed by atoms with Crippen LogP contribution >= 0.6 is 11.8 Å². The Kier molecular flexibility index (Phi) is 4.71. The molecule has 0 bridgehead atoms. The molecule has 1 aromatic heterocycles. The zero-order valence-corrected chi connectivity index (χ0v) is 13.6. The smallest absolute Gasteiger partial charge is 0.114 e. The van der Waals surface area contributed by atoms with Gasteiger partial charge in [0.1, 0.15) is 5.76 Å². The fourth-order valence-electron chi connectivity index (χ4n) is 3.17. The maximum absolute atomic E-state index is 5.46. The van der Waals surface area contributed by atoms with Crippen molar-refractivity contribution >= 4 is 11.8 Å². The summed E-state index contributed by atoms with van der Waals surface area (Å²) < 4.78 is 5.46. The van der Waals surface area contributed by atoms with Gasteiger partial charge >= 0.3 is 0 Å². The molecule has 0 saturated carbocycles. The number of hydrogen-bond acceptors (Lipinski definition) is 3. The number of hydrogen-bond donors (Lipinski definition) is 1. The van der Waals surface area contributed by atoms with Crippen LogP contribution in [0.5, 0.6) is 0 Å². The molecular weight excluding hydrogens is 278 g/mol. The van der Waals surface area contributed by atoms with E-state index in [-0.39, 0.29) is 0 Å². The number of furan rings is 1. The molecule has 3 heteroatoms. The van der Waals surface area contributed by atoms with E-state index in [4.69, 9.17) is 4.42 Å². The molecule has 1 heterocycles. The van der Waals surface area contributed by atoms with E-state index < -0.39 is 0 Å². The van der Waals surface area contributed by atoms with Gasteiger partial charge in [-0.3, -0.25) is 0 Å². The van der Waals surface area contributed by atoms with Gasteiger partial charge in [0.15, 0.2) is 0 Å². The topological polar surface area (TPSA) is 25.2 Å². The molecule has 0 amide bonds. The standard InChI is InChI=1S/C18H23NOS/c1-3-19-18-15-9-5-4-7-14(15)8-6-10-17(18)21-16-11-12-20-13(16)2/h4-5,7,9,11-12,17-19H,3,6,8,10H2,1-2H3. The van der Waals surface area contributed by atoms with E-state index in [9.17, 15) is 0 Å². The molecule has 2 unspecified atom stereocenters. The SMILES string of the molecule is CCNC1c2ccccc2CCCC1Sc1ccoc1C. The Morgan fingerprint density at radius 1 is 1.29 bits per heavy atom. The van der Waals surface area contributed by atoms with E-state index in [0.717, 1.165) is 12.3 Å². The van der Waals surface area contributed by atoms with E-state index in [1.807, 2.05) is 11.8 Å². The van der Waals surface area contributed by atoms with Crippen molar-refractivity contribution in [1.82, 2.24) is 5.32 Å². The Balaban J connectivity index is 1.90. The Bertz CT molecular complexity index is 592. The van der Waals surface area contributed by atoms with Crippen LogP contribution in [-0.4, -0.2) is 11.8 Å². The van der Waals surface area contributed by atoms with Crippen molar-refractivity contribution < 1.29 is 4.42 Å². The second-order valence-electron chi connectivity index (χ2n) is 5.62. The van der Waals surface area contributed by atoms with Crippen molar-refractivity contribution in [3.05, 3.63) is 53.5 Å². The molecule has 21 heavy (non-hydrogen) atoms. The van der Waals surface area contributed by atoms with Crippen LogP contribution in [-0.2, 0) is 6.42 Å². The fraction of sp³-hybridized carbons (Fsp3) is 0.444. The monoisotopic (exact) mass is 301 g/mol. The minimum Gasteiger partial charge on any atom is -0.468 e. The van der Waals surface area contributed by atoms with Gasteiger partial charge in [0.25, 0.3) is 0 Å². The number of nitrogens with one attached hydrogen (secondary N) is 1. The summed E-state index contributed by atoms with van der Waals surface area (Å²) in [5, 5.41) is 4.27. The molecule has 0 radical (unpaired) electrons. The van der Waals surface area contributed by atoms with E-state index in [0.29, 0.717) is 11.3 Å². The molecular formula is C18H23NOS. The first-order valence-corrected chi connectivity index (χ1v) is 8.69. The van der Waals surface area contributed by atoms with Crippen LogP contribution in [0, 0.1) is 6.92 Å². The van der Waals surface area contributed by atoms with Crippen molar-refractivity contribution in [2.75, 3.05) is 6.54 Å². The molecule has 0 aliphatic heterocycles. The van der Waals surface area contributed by atoms with Crippen LogP contribution in [0.2, 0.25) is 0 Å². The Labute approximate surface area is 131 Å². The maximum Gasteiger partial charge on any atom is 0.114 e. The van der Waals surface area contributed by atoms with Crippen molar-refractivity contribution in [3.8, 4) is 0 Å². The molecule has 0 fully saturated rings. The number of rotatable bonds is 4. The molecule has 2 atom stereocenters. The third-order valence-corrected chi connectivity index (χ3v) is 5.70. The van der Waals surface area contributed by atoms with Crippen LogP contribution in [0.3, 0.4) is 0 Å². The molecule has 2 aromatic rings. The highest BCUT2D eigenvalue weighted by Crippen LogP contribution is 2.40. The highest BCUT2D eigenvalue weighted by Gasteiger charge is 2.28. The van der Waals surface area contributed by atoms with Crippen LogP contribution in [0.15, 0.2) is 45.9 Å². The van der Waals surface area contributed by atoms with Gasteiger partial charge in [-0.1, -0.05) is 31.2 Å². The second-order valence-corrected chi connectivity index (χ2v) is 6.90. The fourth-order valence-corrected chi connectivity index (χ4v) is 4.51. The molecule has 2 nitrogen and oxygen atoms in total. The summed E-state index contributed by atoms with van der Waals surface area (Å²) in [5.74, 6) is 1.03. The summed E-state index contributed by atoms with van der Waals surface area (Å²) >= 11 is 1.97. The number of fused-ring (bicyclic) bond motifs is 1. The average molecular weight is 301 g/mol.